The number of nitrogens with one attached hydrogen (secondary N) is 1. The predicted octanol–water partition coefficient (Wildman–Crippen LogP) is 1.35. The first-order valence-electron chi connectivity index (χ1n) is 11.2. The quantitative estimate of drug-likeness (QED) is 0.509. The van der Waals surface area contributed by atoms with Crippen LogP contribution >= 0.6 is 0 Å². The Morgan fingerprint density at radius 2 is 2.10 bits per heavy atom. The summed E-state index contributed by atoms with van der Waals surface area (Å²) >= 11 is 0. The first kappa shape index (κ1) is 21.4. The molecule has 2 aromatic rings. The van der Waals surface area contributed by atoms with Crippen LogP contribution in [-0.2, 0) is 17.7 Å². The summed E-state index contributed by atoms with van der Waals surface area (Å²) in [5.74, 6) is 2.79. The monoisotopic (exact) mass is 427 g/mol. The third-order valence-electron chi connectivity index (χ3n) is 5.97. The Hall–Kier alpha value is -2.81. The molecule has 9 heteroatoms. The number of aryl methyl sites for hydroxylation is 1. The van der Waals surface area contributed by atoms with Crippen molar-refractivity contribution >= 4 is 11.6 Å². The van der Waals surface area contributed by atoms with Gasteiger partial charge in [-0.2, -0.15) is 0 Å². The van der Waals surface area contributed by atoms with Gasteiger partial charge in [0.25, 0.3) is 0 Å². The van der Waals surface area contributed by atoms with Crippen LogP contribution in [0.2, 0.25) is 0 Å². The van der Waals surface area contributed by atoms with Crippen LogP contribution in [0.3, 0.4) is 0 Å². The molecule has 2 N–H and O–H groups in total. The van der Waals surface area contributed by atoms with E-state index >= 15 is 0 Å². The Morgan fingerprint density at radius 3 is 2.84 bits per heavy atom. The van der Waals surface area contributed by atoms with Gasteiger partial charge in [-0.25, -0.2) is 0 Å². The van der Waals surface area contributed by atoms with Crippen molar-refractivity contribution in [1.82, 2.24) is 25.0 Å². The first-order valence-corrected chi connectivity index (χ1v) is 11.2. The number of phenolic OH excluding ortho intramolecular Hbond substituents is 1. The second kappa shape index (κ2) is 10.5. The summed E-state index contributed by atoms with van der Waals surface area (Å²) in [5.41, 5.74) is 0.899. The summed E-state index contributed by atoms with van der Waals surface area (Å²) < 4.78 is 7.60. The van der Waals surface area contributed by atoms with Gasteiger partial charge in [-0.15, -0.1) is 10.2 Å². The minimum atomic E-state index is 0.338. The number of ether oxygens (including phenoxy) is 1. The number of aromatic hydroxyl groups is 1. The number of para-hydroxylation sites is 2. The van der Waals surface area contributed by atoms with Crippen molar-refractivity contribution in [3.05, 3.63) is 36.4 Å². The number of anilines is 1. The Morgan fingerprint density at radius 1 is 1.26 bits per heavy atom. The molecule has 2 aliphatic heterocycles. The fourth-order valence-electron chi connectivity index (χ4n) is 4.13. The van der Waals surface area contributed by atoms with Crippen LogP contribution in [0.4, 0.5) is 5.69 Å². The summed E-state index contributed by atoms with van der Waals surface area (Å²) in [7, 11) is 0. The van der Waals surface area contributed by atoms with Crippen molar-refractivity contribution in [3.63, 3.8) is 0 Å². The molecule has 1 unspecified atom stereocenters. The highest BCUT2D eigenvalue weighted by Crippen LogP contribution is 2.27. The van der Waals surface area contributed by atoms with Crippen molar-refractivity contribution < 1.29 is 9.84 Å². The first-order chi connectivity index (χ1) is 15.2. The molecule has 0 saturated carbocycles. The average molecular weight is 428 g/mol. The lowest BCUT2D eigenvalue weighted by Crippen LogP contribution is -2.53. The van der Waals surface area contributed by atoms with E-state index < -0.39 is 0 Å². The lowest BCUT2D eigenvalue weighted by atomic mass is 10.1. The molecule has 168 valence electrons. The van der Waals surface area contributed by atoms with E-state index in [4.69, 9.17) is 9.73 Å². The number of rotatable bonds is 7. The molecule has 3 heterocycles. The number of piperazine rings is 1. The maximum absolute atomic E-state index is 10.2. The Kier molecular flexibility index (Phi) is 7.24. The van der Waals surface area contributed by atoms with Gasteiger partial charge in [0.1, 0.15) is 17.9 Å². The van der Waals surface area contributed by atoms with Crippen molar-refractivity contribution in [3.8, 4) is 5.75 Å². The van der Waals surface area contributed by atoms with Gasteiger partial charge in [0.2, 0.25) is 0 Å². The second-order valence-corrected chi connectivity index (χ2v) is 8.08. The highest BCUT2D eigenvalue weighted by Gasteiger charge is 2.22. The van der Waals surface area contributed by atoms with Gasteiger partial charge in [0.15, 0.2) is 5.96 Å². The standard InChI is InChI=1S/C22H33N7O2/c1-2-21-26-25-17-29(21)9-8-23-22(24-15-18-7-14-31-16-18)28-12-10-27(11-13-28)19-5-3-4-6-20(19)30/h3-6,17-18,30H,2,7-16H2,1H3,(H,23,24). The number of nitrogens with zero attached hydrogens (tertiary/aromatic N) is 6. The molecule has 0 amide bonds. The number of hydrogen-bond donors (Lipinski definition) is 2. The molecular weight excluding hydrogens is 394 g/mol. The van der Waals surface area contributed by atoms with E-state index in [1.807, 2.05) is 18.2 Å². The number of guanidine groups is 1. The topological polar surface area (TPSA) is 91.0 Å². The maximum Gasteiger partial charge on any atom is 0.194 e. The van der Waals surface area contributed by atoms with Gasteiger partial charge in [-0.3, -0.25) is 4.99 Å². The molecule has 1 aromatic carbocycles. The summed E-state index contributed by atoms with van der Waals surface area (Å²) in [5, 5.41) is 21.9. The normalized spacial score (nSPS) is 19.8. The zero-order valence-electron chi connectivity index (χ0n) is 18.3. The minimum Gasteiger partial charge on any atom is -0.506 e. The van der Waals surface area contributed by atoms with Crippen LogP contribution < -0.4 is 10.2 Å². The molecule has 1 atom stereocenters. The molecule has 2 fully saturated rings. The summed E-state index contributed by atoms with van der Waals surface area (Å²) in [4.78, 5) is 9.50. The second-order valence-electron chi connectivity index (χ2n) is 8.08. The van der Waals surface area contributed by atoms with Gasteiger partial charge >= 0.3 is 0 Å². The van der Waals surface area contributed by atoms with E-state index in [1.165, 1.54) is 0 Å². The molecule has 9 nitrogen and oxygen atoms in total. The molecule has 2 saturated heterocycles. The molecule has 31 heavy (non-hydrogen) atoms. The molecule has 2 aliphatic rings. The van der Waals surface area contributed by atoms with Gasteiger partial charge < -0.3 is 29.5 Å². The Bertz CT molecular complexity index is 855. The molecule has 4 rings (SSSR count). The predicted molar refractivity (Wildman–Crippen MR) is 121 cm³/mol. The minimum absolute atomic E-state index is 0.338. The van der Waals surface area contributed by atoms with Crippen LogP contribution in [0.5, 0.6) is 5.75 Å². The SMILES string of the molecule is CCc1nncn1CCNC(=NCC1CCOC1)N1CCN(c2ccccc2O)CC1. The third-order valence-corrected chi connectivity index (χ3v) is 5.97. The average Bonchev–Trinajstić information content (AvgIpc) is 3.48. The largest absolute Gasteiger partial charge is 0.506 e. The lowest BCUT2D eigenvalue weighted by Gasteiger charge is -2.38. The highest BCUT2D eigenvalue weighted by molar-refractivity contribution is 5.80. The van der Waals surface area contributed by atoms with Crippen LogP contribution in [0.1, 0.15) is 19.2 Å². The van der Waals surface area contributed by atoms with E-state index in [9.17, 15) is 5.11 Å². The molecule has 0 radical (unpaired) electrons. The third kappa shape index (κ3) is 5.46. The van der Waals surface area contributed by atoms with E-state index in [1.54, 1.807) is 12.4 Å². The van der Waals surface area contributed by atoms with E-state index in [2.05, 4.69) is 36.8 Å². The van der Waals surface area contributed by atoms with Crippen molar-refractivity contribution in [2.75, 3.05) is 57.4 Å². The van der Waals surface area contributed by atoms with Gasteiger partial charge in [-0.05, 0) is 18.6 Å². The fraction of sp³-hybridized carbons (Fsp3) is 0.591. The van der Waals surface area contributed by atoms with Crippen LogP contribution in [0.15, 0.2) is 35.6 Å². The molecule has 1 aromatic heterocycles. The summed E-state index contributed by atoms with van der Waals surface area (Å²) in [6, 6.07) is 7.55. The van der Waals surface area contributed by atoms with E-state index in [0.29, 0.717) is 11.7 Å². The van der Waals surface area contributed by atoms with Crippen molar-refractivity contribution in [2.45, 2.75) is 26.3 Å². The van der Waals surface area contributed by atoms with E-state index in [-0.39, 0.29) is 0 Å². The number of aliphatic imine (C=N–C) groups is 1. The van der Waals surface area contributed by atoms with Crippen LogP contribution in [0.25, 0.3) is 0 Å². The van der Waals surface area contributed by atoms with Gasteiger partial charge in [0.05, 0.1) is 12.3 Å². The molecule has 0 aliphatic carbocycles. The summed E-state index contributed by atoms with van der Waals surface area (Å²) in [6.07, 6.45) is 3.74. The van der Waals surface area contributed by atoms with Gasteiger partial charge in [-0.1, -0.05) is 19.1 Å². The number of phenols is 1. The van der Waals surface area contributed by atoms with Crippen molar-refractivity contribution in [1.29, 1.82) is 0 Å². The lowest BCUT2D eigenvalue weighted by molar-refractivity contribution is 0.187. The maximum atomic E-state index is 10.2. The molecule has 0 spiro atoms. The van der Waals surface area contributed by atoms with Crippen LogP contribution in [0, 0.1) is 5.92 Å². The van der Waals surface area contributed by atoms with Crippen molar-refractivity contribution in [2.24, 2.45) is 10.9 Å². The fourth-order valence-corrected chi connectivity index (χ4v) is 4.13. The number of benzene rings is 1. The highest BCUT2D eigenvalue weighted by atomic mass is 16.5. The summed E-state index contributed by atoms with van der Waals surface area (Å²) in [6.45, 7) is 9.50. The molecular formula is C22H33N7O2. The van der Waals surface area contributed by atoms with E-state index in [0.717, 1.165) is 89.3 Å². The zero-order chi connectivity index (χ0) is 21.5. The zero-order valence-corrected chi connectivity index (χ0v) is 18.3. The Labute approximate surface area is 183 Å². The van der Waals surface area contributed by atoms with Gasteiger partial charge in [0, 0.05) is 64.8 Å². The Balaban J connectivity index is 1.37. The smallest absolute Gasteiger partial charge is 0.194 e. The molecule has 0 bridgehead atoms. The van der Waals surface area contributed by atoms with Crippen LogP contribution in [-0.4, -0.2) is 83.2 Å². The number of aromatic nitrogens is 3. The number of hydrogen-bond acceptors (Lipinski definition) is 6.